The van der Waals surface area contributed by atoms with Crippen LogP contribution in [0.5, 0.6) is 0 Å². The SMILES string of the molecule is CCn1c(SC(C)C(=O)Nc2ccccc2C(F)(F)F)nc2ccsc2c1=O. The maximum atomic E-state index is 13.1. The van der Waals surface area contributed by atoms with Crippen molar-refractivity contribution in [1.82, 2.24) is 9.55 Å². The van der Waals surface area contributed by atoms with Crippen LogP contribution in [0.2, 0.25) is 0 Å². The number of anilines is 1. The first-order chi connectivity index (χ1) is 13.2. The van der Waals surface area contributed by atoms with Crippen molar-refractivity contribution in [3.63, 3.8) is 0 Å². The first-order valence-electron chi connectivity index (χ1n) is 8.34. The molecule has 10 heteroatoms. The maximum absolute atomic E-state index is 13.1. The van der Waals surface area contributed by atoms with Crippen LogP contribution in [-0.2, 0) is 17.5 Å². The van der Waals surface area contributed by atoms with Gasteiger partial charge in [0.25, 0.3) is 5.56 Å². The number of amides is 1. The van der Waals surface area contributed by atoms with Crippen LogP contribution in [0.15, 0.2) is 45.7 Å². The van der Waals surface area contributed by atoms with Crippen molar-refractivity contribution in [1.29, 1.82) is 0 Å². The third-order valence-electron chi connectivity index (χ3n) is 3.99. The zero-order valence-corrected chi connectivity index (χ0v) is 16.5. The predicted octanol–water partition coefficient (Wildman–Crippen LogP) is 4.62. The van der Waals surface area contributed by atoms with Crippen molar-refractivity contribution >= 4 is 44.9 Å². The number of hydrogen-bond acceptors (Lipinski definition) is 5. The van der Waals surface area contributed by atoms with Gasteiger partial charge in [0.1, 0.15) is 4.70 Å². The van der Waals surface area contributed by atoms with Crippen molar-refractivity contribution in [2.24, 2.45) is 0 Å². The van der Waals surface area contributed by atoms with Gasteiger partial charge in [-0.15, -0.1) is 11.3 Å². The summed E-state index contributed by atoms with van der Waals surface area (Å²) in [7, 11) is 0. The first-order valence-corrected chi connectivity index (χ1v) is 10.1. The summed E-state index contributed by atoms with van der Waals surface area (Å²) in [6.45, 7) is 3.71. The summed E-state index contributed by atoms with van der Waals surface area (Å²) in [5, 5.41) is 3.68. The molecule has 1 unspecified atom stereocenters. The number of rotatable bonds is 5. The Morgan fingerprint density at radius 3 is 2.71 bits per heavy atom. The molecule has 2 aromatic heterocycles. The number of thiophene rings is 1. The number of alkyl halides is 3. The minimum absolute atomic E-state index is 0.194. The van der Waals surface area contributed by atoms with Crippen LogP contribution in [0, 0.1) is 0 Å². The van der Waals surface area contributed by atoms with Crippen molar-refractivity contribution < 1.29 is 18.0 Å². The Kier molecular flexibility index (Phi) is 5.80. The standard InChI is InChI=1S/C18H16F3N3O2S2/c1-3-24-16(26)14-13(8-9-27-14)23-17(24)28-10(2)15(25)22-12-7-5-4-6-11(12)18(19,20)21/h4-10H,3H2,1-2H3,(H,22,25). The number of halogens is 3. The molecule has 5 nitrogen and oxygen atoms in total. The summed E-state index contributed by atoms with van der Waals surface area (Å²) in [6.07, 6.45) is -4.57. The Bertz CT molecular complexity index is 1080. The molecule has 1 aromatic carbocycles. The van der Waals surface area contributed by atoms with E-state index in [9.17, 15) is 22.8 Å². The van der Waals surface area contributed by atoms with Crippen LogP contribution in [0.3, 0.4) is 0 Å². The van der Waals surface area contributed by atoms with E-state index < -0.39 is 22.9 Å². The number of para-hydroxylation sites is 1. The van der Waals surface area contributed by atoms with E-state index in [-0.39, 0.29) is 11.2 Å². The summed E-state index contributed by atoms with van der Waals surface area (Å²) in [6, 6.07) is 6.51. The highest BCUT2D eigenvalue weighted by Crippen LogP contribution is 2.35. The number of fused-ring (bicyclic) bond motifs is 1. The fraction of sp³-hybridized carbons (Fsp3) is 0.278. The van der Waals surface area contributed by atoms with Crippen LogP contribution < -0.4 is 10.9 Å². The number of hydrogen-bond donors (Lipinski definition) is 1. The fourth-order valence-corrected chi connectivity index (χ4v) is 4.33. The molecule has 2 heterocycles. The lowest BCUT2D eigenvalue weighted by molar-refractivity contribution is -0.137. The Balaban J connectivity index is 1.85. The van der Waals surface area contributed by atoms with Crippen LogP contribution in [0.1, 0.15) is 19.4 Å². The Hall–Kier alpha value is -2.33. The summed E-state index contributed by atoms with van der Waals surface area (Å²) < 4.78 is 41.3. The molecule has 1 atom stereocenters. The van der Waals surface area contributed by atoms with Gasteiger partial charge in [-0.3, -0.25) is 14.2 Å². The number of carbonyl (C=O) groups is 1. The normalized spacial score (nSPS) is 12.9. The number of nitrogens with one attached hydrogen (secondary N) is 1. The number of aromatic nitrogens is 2. The molecule has 0 fully saturated rings. The average Bonchev–Trinajstić information content (AvgIpc) is 3.10. The second-order valence-corrected chi connectivity index (χ2v) is 8.10. The van der Waals surface area contributed by atoms with Crippen molar-refractivity contribution in [3.05, 3.63) is 51.6 Å². The van der Waals surface area contributed by atoms with E-state index in [2.05, 4.69) is 10.3 Å². The molecule has 3 aromatic rings. The van der Waals surface area contributed by atoms with Gasteiger partial charge < -0.3 is 5.32 Å². The maximum Gasteiger partial charge on any atom is 0.418 e. The molecule has 0 aliphatic rings. The number of thioether (sulfide) groups is 1. The third kappa shape index (κ3) is 4.07. The highest BCUT2D eigenvalue weighted by molar-refractivity contribution is 8.00. The van der Waals surface area contributed by atoms with E-state index in [1.54, 1.807) is 25.3 Å². The average molecular weight is 427 g/mol. The van der Waals surface area contributed by atoms with E-state index in [0.29, 0.717) is 21.9 Å². The second-order valence-electron chi connectivity index (χ2n) is 5.87. The minimum atomic E-state index is -4.57. The minimum Gasteiger partial charge on any atom is -0.325 e. The van der Waals surface area contributed by atoms with Crippen LogP contribution in [0.25, 0.3) is 10.2 Å². The molecule has 3 rings (SSSR count). The largest absolute Gasteiger partial charge is 0.418 e. The molecule has 1 N–H and O–H groups in total. The van der Waals surface area contributed by atoms with E-state index in [1.807, 2.05) is 0 Å². The number of carbonyl (C=O) groups excluding carboxylic acids is 1. The van der Waals surface area contributed by atoms with Crippen LogP contribution >= 0.6 is 23.1 Å². The van der Waals surface area contributed by atoms with Gasteiger partial charge in [-0.2, -0.15) is 13.2 Å². The van der Waals surface area contributed by atoms with E-state index in [0.717, 1.165) is 17.8 Å². The van der Waals surface area contributed by atoms with E-state index in [1.165, 1.54) is 34.1 Å². The zero-order chi connectivity index (χ0) is 20.5. The van der Waals surface area contributed by atoms with Gasteiger partial charge in [-0.25, -0.2) is 4.98 Å². The third-order valence-corrected chi connectivity index (χ3v) is 5.97. The van der Waals surface area contributed by atoms with E-state index in [4.69, 9.17) is 0 Å². The molecule has 28 heavy (non-hydrogen) atoms. The second kappa shape index (κ2) is 7.96. The zero-order valence-electron chi connectivity index (χ0n) is 14.9. The van der Waals surface area contributed by atoms with Crippen molar-refractivity contribution in [2.75, 3.05) is 5.32 Å². The molecule has 0 aliphatic heterocycles. The van der Waals surface area contributed by atoms with Crippen LogP contribution in [-0.4, -0.2) is 20.7 Å². The first kappa shape index (κ1) is 20.4. The molecule has 148 valence electrons. The van der Waals surface area contributed by atoms with Gasteiger partial charge in [-0.05, 0) is 37.4 Å². The lowest BCUT2D eigenvalue weighted by atomic mass is 10.1. The topological polar surface area (TPSA) is 64.0 Å². The Morgan fingerprint density at radius 2 is 2.04 bits per heavy atom. The molecular weight excluding hydrogens is 411 g/mol. The fourth-order valence-electron chi connectivity index (χ4n) is 2.58. The Morgan fingerprint density at radius 1 is 1.32 bits per heavy atom. The van der Waals surface area contributed by atoms with Crippen LogP contribution in [0.4, 0.5) is 18.9 Å². The molecule has 0 spiro atoms. The highest BCUT2D eigenvalue weighted by Gasteiger charge is 2.34. The quantitative estimate of drug-likeness (QED) is 0.477. The van der Waals surface area contributed by atoms with Crippen molar-refractivity contribution in [2.45, 2.75) is 37.0 Å². The number of benzene rings is 1. The lowest BCUT2D eigenvalue weighted by Gasteiger charge is -2.17. The molecule has 0 saturated carbocycles. The van der Waals surface area contributed by atoms with Gasteiger partial charge in [0.05, 0.1) is 22.0 Å². The van der Waals surface area contributed by atoms with Gasteiger partial charge in [0.15, 0.2) is 5.16 Å². The lowest BCUT2D eigenvalue weighted by Crippen LogP contribution is -2.27. The smallest absolute Gasteiger partial charge is 0.325 e. The van der Waals surface area contributed by atoms with Gasteiger partial charge in [0.2, 0.25) is 5.91 Å². The molecule has 1 amide bonds. The molecule has 0 saturated heterocycles. The summed E-state index contributed by atoms with van der Waals surface area (Å²) >= 11 is 2.32. The monoisotopic (exact) mass is 427 g/mol. The summed E-state index contributed by atoms with van der Waals surface area (Å²) in [4.78, 5) is 29.4. The number of nitrogens with zero attached hydrogens (tertiary/aromatic N) is 2. The molecule has 0 bridgehead atoms. The molecular formula is C18H16F3N3O2S2. The van der Waals surface area contributed by atoms with Crippen molar-refractivity contribution in [3.8, 4) is 0 Å². The van der Waals surface area contributed by atoms with Gasteiger partial charge >= 0.3 is 6.18 Å². The van der Waals surface area contributed by atoms with Gasteiger partial charge in [0, 0.05) is 6.54 Å². The van der Waals surface area contributed by atoms with E-state index >= 15 is 0 Å². The predicted molar refractivity (Wildman–Crippen MR) is 105 cm³/mol. The van der Waals surface area contributed by atoms with Gasteiger partial charge in [-0.1, -0.05) is 23.9 Å². The highest BCUT2D eigenvalue weighted by atomic mass is 32.2. The summed E-state index contributed by atoms with van der Waals surface area (Å²) in [5.74, 6) is -0.607. The molecule has 0 radical (unpaired) electrons. The summed E-state index contributed by atoms with van der Waals surface area (Å²) in [5.41, 5.74) is -0.873. The molecule has 0 aliphatic carbocycles. The Labute approximate surface area is 166 Å².